The van der Waals surface area contributed by atoms with Crippen LogP contribution < -0.4 is 10.2 Å². The summed E-state index contributed by atoms with van der Waals surface area (Å²) in [5, 5.41) is 19.8. The van der Waals surface area contributed by atoms with Crippen molar-refractivity contribution in [3.63, 3.8) is 0 Å². The number of hydrogen-bond acceptors (Lipinski definition) is 7. The molecule has 8 heteroatoms. The first-order chi connectivity index (χ1) is 8.63. The van der Waals surface area contributed by atoms with E-state index in [1.807, 2.05) is 6.92 Å². The summed E-state index contributed by atoms with van der Waals surface area (Å²) in [7, 11) is 0. The third-order valence-electron chi connectivity index (χ3n) is 1.92. The minimum Gasteiger partial charge on any atom is -0.550 e. The minimum atomic E-state index is -1.62. The first kappa shape index (κ1) is 23.6. The van der Waals surface area contributed by atoms with Crippen molar-refractivity contribution in [2.45, 2.75) is 40.0 Å². The van der Waals surface area contributed by atoms with Gasteiger partial charge in [0.15, 0.2) is 0 Å². The van der Waals surface area contributed by atoms with E-state index in [0.29, 0.717) is 12.8 Å². The van der Waals surface area contributed by atoms with Gasteiger partial charge in [0, 0.05) is 18.8 Å². The number of Topliss-reactive ketones (excluding diaryl/α,β-unsaturated/α-hetero) is 3. The van der Waals surface area contributed by atoms with Crippen LogP contribution in [0.4, 0.5) is 0 Å². The fraction of sp³-hybridized carbons (Fsp3) is 0.583. The van der Waals surface area contributed by atoms with Gasteiger partial charge in [-0.2, -0.15) is 0 Å². The van der Waals surface area contributed by atoms with Crippen molar-refractivity contribution in [3.8, 4) is 0 Å². The molecule has 0 atom stereocenters. The Hall–Kier alpha value is -1.52. The van der Waals surface area contributed by atoms with E-state index in [4.69, 9.17) is 0 Å². The number of carbonyl (C=O) groups excluding carboxylic acids is 5. The molecule has 0 fully saturated rings. The van der Waals surface area contributed by atoms with E-state index in [2.05, 4.69) is 0 Å². The first-order valence-corrected chi connectivity index (χ1v) is 5.56. The quantitative estimate of drug-likeness (QED) is 0.379. The molecule has 0 saturated carbocycles. The maximum Gasteiger partial charge on any atom is 3.00 e. The summed E-state index contributed by atoms with van der Waals surface area (Å²) >= 11 is 0. The molecule has 0 spiro atoms. The summed E-state index contributed by atoms with van der Waals surface area (Å²) in [4.78, 5) is 51.0. The van der Waals surface area contributed by atoms with Gasteiger partial charge in [-0.1, -0.05) is 6.92 Å². The average molecular weight is 299 g/mol. The van der Waals surface area contributed by atoms with E-state index in [0.717, 1.165) is 13.8 Å². The molecule has 20 heavy (non-hydrogen) atoms. The van der Waals surface area contributed by atoms with Gasteiger partial charge in [0.05, 0.1) is 5.97 Å². The Morgan fingerprint density at radius 1 is 0.950 bits per heavy atom. The molecular formula is C12H16AlO7+. The monoisotopic (exact) mass is 299 g/mol. The van der Waals surface area contributed by atoms with Crippen molar-refractivity contribution in [2.24, 2.45) is 5.92 Å². The predicted molar refractivity (Wildman–Crippen MR) is 65.2 cm³/mol. The molecule has 0 aliphatic rings. The van der Waals surface area contributed by atoms with Gasteiger partial charge >= 0.3 is 17.4 Å². The van der Waals surface area contributed by atoms with Crippen LogP contribution in [0.1, 0.15) is 40.0 Å². The number of carboxylic acids is 2. The van der Waals surface area contributed by atoms with E-state index < -0.39 is 35.8 Å². The molecule has 7 nitrogen and oxygen atoms in total. The zero-order valence-corrected chi connectivity index (χ0v) is 12.8. The van der Waals surface area contributed by atoms with Crippen molar-refractivity contribution >= 4 is 46.6 Å². The molecular weight excluding hydrogens is 283 g/mol. The second-order valence-electron chi connectivity index (χ2n) is 3.81. The second kappa shape index (κ2) is 12.5. The Bertz CT molecular complexity index is 343. The van der Waals surface area contributed by atoms with Crippen LogP contribution in [0, 0.1) is 5.92 Å². The van der Waals surface area contributed by atoms with Crippen molar-refractivity contribution in [1.29, 1.82) is 0 Å². The third-order valence-corrected chi connectivity index (χ3v) is 1.92. The Morgan fingerprint density at radius 2 is 1.35 bits per heavy atom. The van der Waals surface area contributed by atoms with Crippen LogP contribution in [-0.2, 0) is 24.0 Å². The Kier molecular flexibility index (Phi) is 14.7. The SMILES string of the molecule is CC(=O)C(C(C)=O)C(=O)[O-].CCCC(=O)CC(=O)[O-].[Al+3]. The van der Waals surface area contributed by atoms with E-state index in [1.165, 1.54) is 0 Å². The minimum absolute atomic E-state index is 0. The summed E-state index contributed by atoms with van der Waals surface area (Å²) in [5.74, 6) is -6.12. The molecule has 0 saturated heterocycles. The van der Waals surface area contributed by atoms with Gasteiger partial charge in [0.25, 0.3) is 0 Å². The predicted octanol–water partition coefficient (Wildman–Crippen LogP) is -2.35. The first-order valence-electron chi connectivity index (χ1n) is 5.56. The van der Waals surface area contributed by atoms with Crippen LogP contribution in [0.2, 0.25) is 0 Å². The smallest absolute Gasteiger partial charge is 0.550 e. The van der Waals surface area contributed by atoms with Crippen LogP contribution in [0.15, 0.2) is 0 Å². The van der Waals surface area contributed by atoms with Crippen molar-refractivity contribution < 1.29 is 34.2 Å². The Morgan fingerprint density at radius 3 is 1.50 bits per heavy atom. The molecule has 0 N–H and O–H groups in total. The van der Waals surface area contributed by atoms with E-state index in [9.17, 15) is 34.2 Å². The second-order valence-corrected chi connectivity index (χ2v) is 3.81. The Labute approximate surface area is 127 Å². The van der Waals surface area contributed by atoms with Crippen molar-refractivity contribution in [2.75, 3.05) is 0 Å². The molecule has 0 aromatic rings. The molecule has 0 aliphatic carbocycles. The molecule has 0 rings (SSSR count). The van der Waals surface area contributed by atoms with Gasteiger partial charge in [-0.05, 0) is 20.3 Å². The van der Waals surface area contributed by atoms with Gasteiger partial charge in [-0.3, -0.25) is 14.4 Å². The molecule has 108 valence electrons. The summed E-state index contributed by atoms with van der Waals surface area (Å²) < 4.78 is 0. The summed E-state index contributed by atoms with van der Waals surface area (Å²) in [6, 6.07) is 0. The number of carboxylic acid groups (broad SMARTS) is 2. The van der Waals surface area contributed by atoms with Crippen LogP contribution in [0.25, 0.3) is 0 Å². The molecule has 0 aromatic carbocycles. The maximum atomic E-state index is 10.4. The maximum absolute atomic E-state index is 10.4. The number of ketones is 3. The zero-order valence-electron chi connectivity index (χ0n) is 11.6. The third kappa shape index (κ3) is 12.9. The van der Waals surface area contributed by atoms with Gasteiger partial charge in [0.1, 0.15) is 23.3 Å². The fourth-order valence-corrected chi connectivity index (χ4v) is 1.15. The molecule has 0 radical (unpaired) electrons. The van der Waals surface area contributed by atoms with Crippen molar-refractivity contribution in [1.82, 2.24) is 0 Å². The van der Waals surface area contributed by atoms with Crippen LogP contribution in [0.5, 0.6) is 0 Å². The van der Waals surface area contributed by atoms with Gasteiger partial charge in [-0.25, -0.2) is 0 Å². The van der Waals surface area contributed by atoms with Crippen LogP contribution in [0.3, 0.4) is 0 Å². The Balaban J connectivity index is -0.000000277. The molecule has 0 aromatic heterocycles. The van der Waals surface area contributed by atoms with E-state index in [1.54, 1.807) is 0 Å². The van der Waals surface area contributed by atoms with Gasteiger partial charge in [-0.15, -0.1) is 0 Å². The fourth-order valence-electron chi connectivity index (χ4n) is 1.15. The number of rotatable bonds is 7. The number of carbonyl (C=O) groups is 5. The molecule has 0 aliphatic heterocycles. The van der Waals surface area contributed by atoms with Gasteiger partial charge < -0.3 is 19.8 Å². The summed E-state index contributed by atoms with van der Waals surface area (Å²) in [6.45, 7) is 3.91. The van der Waals surface area contributed by atoms with Crippen molar-refractivity contribution in [3.05, 3.63) is 0 Å². The van der Waals surface area contributed by atoms with Crippen LogP contribution >= 0.6 is 0 Å². The largest absolute Gasteiger partial charge is 3.00 e. The number of hydrogen-bond donors (Lipinski definition) is 0. The zero-order chi connectivity index (χ0) is 15.6. The van der Waals surface area contributed by atoms with Gasteiger partial charge in [0.2, 0.25) is 0 Å². The standard InChI is InChI=1S/C6H8O4.C6H10O3.Al/c1-3(7)5(4(2)8)6(9)10;1-2-3-5(7)4-6(8)9;/h5H,1-2H3,(H,9,10);2-4H2,1H3,(H,8,9);/q;;+3/p-2. The summed E-state index contributed by atoms with van der Waals surface area (Å²) in [6.07, 6.45) is 0.605. The molecule has 0 unspecified atom stereocenters. The van der Waals surface area contributed by atoms with Crippen LogP contribution in [-0.4, -0.2) is 46.6 Å². The molecule has 0 bridgehead atoms. The number of aliphatic carboxylic acids is 2. The summed E-state index contributed by atoms with van der Waals surface area (Å²) in [5.41, 5.74) is 0. The normalized spacial score (nSPS) is 8.80. The van der Waals surface area contributed by atoms with E-state index >= 15 is 0 Å². The van der Waals surface area contributed by atoms with E-state index in [-0.39, 0.29) is 23.1 Å². The molecule has 0 heterocycles. The average Bonchev–Trinajstić information content (AvgIpc) is 2.14. The molecule has 0 amide bonds. The topological polar surface area (TPSA) is 131 Å².